The minimum absolute atomic E-state index is 0.0288. The molecule has 0 aliphatic carbocycles. The molecule has 2 aromatic carbocycles. The number of piperidine rings is 1. The average Bonchev–Trinajstić information content (AvgIpc) is 2.87. The summed E-state index contributed by atoms with van der Waals surface area (Å²) in [6, 6.07) is 11.1. The molecule has 10 heteroatoms. The number of halogens is 6. The highest BCUT2D eigenvalue weighted by atomic mass is 19.4. The van der Waals surface area contributed by atoms with Gasteiger partial charge in [-0.25, -0.2) is 0 Å². The summed E-state index contributed by atoms with van der Waals surface area (Å²) < 4.78 is 85.6. The second-order valence-electron chi connectivity index (χ2n) is 9.62. The minimum atomic E-state index is -4.91. The first-order valence-corrected chi connectivity index (χ1v) is 12.8. The number of amides is 1. The van der Waals surface area contributed by atoms with Gasteiger partial charge in [-0.1, -0.05) is 44.2 Å². The van der Waals surface area contributed by atoms with Crippen LogP contribution in [-0.4, -0.2) is 54.5 Å². The van der Waals surface area contributed by atoms with Crippen molar-refractivity contribution in [2.45, 2.75) is 58.2 Å². The van der Waals surface area contributed by atoms with Crippen molar-refractivity contribution < 1.29 is 35.9 Å². The summed E-state index contributed by atoms with van der Waals surface area (Å²) in [6.45, 7) is 6.87. The van der Waals surface area contributed by atoms with Crippen LogP contribution in [-0.2, 0) is 34.9 Å². The lowest BCUT2D eigenvalue weighted by Gasteiger charge is -2.39. The third-order valence-electron chi connectivity index (χ3n) is 7.01. The molecule has 1 fully saturated rings. The molecule has 3 rings (SSSR count). The van der Waals surface area contributed by atoms with Crippen molar-refractivity contribution in [2.75, 3.05) is 32.7 Å². The molecule has 2 atom stereocenters. The zero-order valence-corrected chi connectivity index (χ0v) is 21.6. The first-order chi connectivity index (χ1) is 17.9. The predicted molar refractivity (Wildman–Crippen MR) is 132 cm³/mol. The van der Waals surface area contributed by atoms with Gasteiger partial charge in [0.15, 0.2) is 0 Å². The van der Waals surface area contributed by atoms with Gasteiger partial charge in [0.1, 0.15) is 0 Å². The van der Waals surface area contributed by atoms with Crippen molar-refractivity contribution in [1.29, 1.82) is 0 Å². The van der Waals surface area contributed by atoms with E-state index in [1.54, 1.807) is 4.90 Å². The van der Waals surface area contributed by atoms with Crippen LogP contribution in [0.1, 0.15) is 48.9 Å². The lowest BCUT2D eigenvalue weighted by molar-refractivity contribution is -0.143. The minimum Gasteiger partial charge on any atom is -0.373 e. The van der Waals surface area contributed by atoms with Crippen LogP contribution in [0.5, 0.6) is 0 Å². The van der Waals surface area contributed by atoms with Gasteiger partial charge < -0.3 is 14.5 Å². The van der Waals surface area contributed by atoms with Gasteiger partial charge >= 0.3 is 12.4 Å². The SMILES string of the molecule is CCN(CC)CCC(=O)N1CC[C@@H](OCc2cc(C(F)(F)F)cc(C(F)(F)F)c2)[C@@H](Cc2ccccc2)C1. The molecule has 210 valence electrons. The van der Waals surface area contributed by atoms with Crippen LogP contribution in [0, 0.1) is 5.92 Å². The van der Waals surface area contributed by atoms with E-state index >= 15 is 0 Å². The Balaban J connectivity index is 1.75. The number of likely N-dealkylation sites (tertiary alicyclic amines) is 1. The zero-order valence-electron chi connectivity index (χ0n) is 21.6. The fraction of sp³-hybridized carbons (Fsp3) is 0.536. The van der Waals surface area contributed by atoms with Crippen molar-refractivity contribution in [3.63, 3.8) is 0 Å². The van der Waals surface area contributed by atoms with E-state index in [-0.39, 0.29) is 23.5 Å². The van der Waals surface area contributed by atoms with Gasteiger partial charge in [-0.3, -0.25) is 4.79 Å². The first-order valence-electron chi connectivity index (χ1n) is 12.8. The molecule has 0 spiro atoms. The van der Waals surface area contributed by atoms with Gasteiger partial charge in [0.2, 0.25) is 5.91 Å². The largest absolute Gasteiger partial charge is 0.416 e. The molecule has 0 unspecified atom stereocenters. The van der Waals surface area contributed by atoms with Gasteiger partial charge in [0.05, 0.1) is 23.8 Å². The van der Waals surface area contributed by atoms with Crippen molar-refractivity contribution >= 4 is 5.91 Å². The van der Waals surface area contributed by atoms with E-state index in [1.165, 1.54) is 0 Å². The Kier molecular flexibility index (Phi) is 10.2. The third kappa shape index (κ3) is 8.46. The van der Waals surface area contributed by atoms with Gasteiger partial charge in [0, 0.05) is 32.0 Å². The topological polar surface area (TPSA) is 32.8 Å². The highest BCUT2D eigenvalue weighted by molar-refractivity contribution is 5.76. The fourth-order valence-electron chi connectivity index (χ4n) is 4.83. The lowest BCUT2D eigenvalue weighted by Crippen LogP contribution is -2.48. The average molecular weight is 545 g/mol. The van der Waals surface area contributed by atoms with Crippen LogP contribution in [0.3, 0.4) is 0 Å². The van der Waals surface area contributed by atoms with Crippen LogP contribution in [0.2, 0.25) is 0 Å². The lowest BCUT2D eigenvalue weighted by atomic mass is 9.88. The summed E-state index contributed by atoms with van der Waals surface area (Å²) in [4.78, 5) is 16.9. The standard InChI is InChI=1S/C28H34F6N2O2/c1-3-35(4-2)12-11-26(37)36-13-10-25(22(18-36)14-20-8-6-5-7-9-20)38-19-21-15-23(27(29,30)31)17-24(16-21)28(32,33)34/h5-9,15-17,22,25H,3-4,10-14,18-19H2,1-2H3/t22-,25+/m0/s1. The Hall–Kier alpha value is -2.59. The molecule has 0 aromatic heterocycles. The molecule has 0 radical (unpaired) electrons. The molecule has 1 aliphatic heterocycles. The monoisotopic (exact) mass is 544 g/mol. The second kappa shape index (κ2) is 13.0. The summed E-state index contributed by atoms with van der Waals surface area (Å²) in [5.74, 6) is -0.127. The Bertz CT molecular complexity index is 1010. The molecule has 0 N–H and O–H groups in total. The van der Waals surface area contributed by atoms with Crippen molar-refractivity contribution in [3.05, 3.63) is 70.8 Å². The molecule has 1 heterocycles. The van der Waals surface area contributed by atoms with E-state index in [0.29, 0.717) is 51.0 Å². The number of ether oxygens (including phenoxy) is 1. The molecule has 2 aromatic rings. The van der Waals surface area contributed by atoms with Crippen LogP contribution >= 0.6 is 0 Å². The van der Waals surface area contributed by atoms with Gasteiger partial charge in [-0.15, -0.1) is 0 Å². The molecular formula is C28H34F6N2O2. The predicted octanol–water partition coefficient (Wildman–Crippen LogP) is 6.43. The van der Waals surface area contributed by atoms with E-state index < -0.39 is 36.2 Å². The molecule has 1 saturated heterocycles. The number of carbonyl (C=O) groups excluding carboxylic acids is 1. The van der Waals surface area contributed by atoms with E-state index in [1.807, 2.05) is 44.2 Å². The summed E-state index contributed by atoms with van der Waals surface area (Å²) in [7, 11) is 0. The van der Waals surface area contributed by atoms with Crippen LogP contribution < -0.4 is 0 Å². The summed E-state index contributed by atoms with van der Waals surface area (Å²) in [5.41, 5.74) is -1.90. The number of hydrogen-bond acceptors (Lipinski definition) is 3. The summed E-state index contributed by atoms with van der Waals surface area (Å²) >= 11 is 0. The molecular weight excluding hydrogens is 510 g/mol. The van der Waals surface area contributed by atoms with Crippen molar-refractivity contribution in [3.8, 4) is 0 Å². The summed E-state index contributed by atoms with van der Waals surface area (Å²) in [5, 5.41) is 0. The quantitative estimate of drug-likeness (QED) is 0.323. The maximum Gasteiger partial charge on any atom is 0.416 e. The highest BCUT2D eigenvalue weighted by Crippen LogP contribution is 2.37. The first kappa shape index (κ1) is 30.0. The van der Waals surface area contributed by atoms with E-state index in [0.717, 1.165) is 18.7 Å². The summed E-state index contributed by atoms with van der Waals surface area (Å²) in [6.07, 6.45) is -8.85. The van der Waals surface area contributed by atoms with Gasteiger partial charge in [0.25, 0.3) is 0 Å². The number of carbonyl (C=O) groups is 1. The maximum absolute atomic E-state index is 13.3. The van der Waals surface area contributed by atoms with Crippen LogP contribution in [0.15, 0.2) is 48.5 Å². The highest BCUT2D eigenvalue weighted by Gasteiger charge is 2.37. The van der Waals surface area contributed by atoms with Gasteiger partial charge in [-0.05, 0) is 55.3 Å². The van der Waals surface area contributed by atoms with E-state index in [2.05, 4.69) is 4.90 Å². The third-order valence-corrected chi connectivity index (χ3v) is 7.01. The molecule has 0 bridgehead atoms. The second-order valence-corrected chi connectivity index (χ2v) is 9.62. The van der Waals surface area contributed by atoms with Crippen molar-refractivity contribution in [2.24, 2.45) is 5.92 Å². The molecule has 0 saturated carbocycles. The number of alkyl halides is 6. The Labute approximate surface area is 219 Å². The van der Waals surface area contributed by atoms with Crippen molar-refractivity contribution in [1.82, 2.24) is 9.80 Å². The van der Waals surface area contributed by atoms with E-state index in [9.17, 15) is 31.1 Å². The number of hydrogen-bond donors (Lipinski definition) is 0. The van der Waals surface area contributed by atoms with Crippen LogP contribution in [0.25, 0.3) is 0 Å². The Morgan fingerprint density at radius 3 is 2.11 bits per heavy atom. The smallest absolute Gasteiger partial charge is 0.373 e. The molecule has 1 aliphatic rings. The Morgan fingerprint density at radius 2 is 1.55 bits per heavy atom. The zero-order chi connectivity index (χ0) is 27.9. The van der Waals surface area contributed by atoms with Crippen LogP contribution in [0.4, 0.5) is 26.3 Å². The van der Waals surface area contributed by atoms with Gasteiger partial charge in [-0.2, -0.15) is 26.3 Å². The number of benzene rings is 2. The number of rotatable bonds is 10. The molecule has 38 heavy (non-hydrogen) atoms. The van der Waals surface area contributed by atoms with E-state index in [4.69, 9.17) is 4.74 Å². The normalized spacial score (nSPS) is 18.7. The molecule has 1 amide bonds. The fourth-order valence-corrected chi connectivity index (χ4v) is 4.83. The molecule has 4 nitrogen and oxygen atoms in total. The maximum atomic E-state index is 13.3. The Morgan fingerprint density at radius 1 is 0.947 bits per heavy atom. The number of nitrogens with zero attached hydrogens (tertiary/aromatic N) is 2.